The standard InChI is InChI=1S/Co.Eu.Gd.Mn. The molecular weight excluding hydrogens is 423 g/mol. The van der Waals surface area contributed by atoms with Gasteiger partial charge < -0.3 is 0 Å². The van der Waals surface area contributed by atoms with Crippen molar-refractivity contribution >= 4 is 0 Å². The van der Waals surface area contributed by atoms with E-state index >= 15 is 0 Å². The zero-order valence-electron chi connectivity index (χ0n) is 1.44. The minimum Gasteiger partial charge on any atom is 0 e. The number of hydrogen-bond acceptors (Lipinski definition) is 0. The van der Waals surface area contributed by atoms with E-state index in [1.54, 1.807) is 0 Å². The van der Waals surface area contributed by atoms with Crippen LogP contribution in [0.2, 0.25) is 0 Å². The molecule has 0 atom stereocenters. The molecule has 0 unspecified atom stereocenters. The van der Waals surface area contributed by atoms with E-state index in [9.17, 15) is 0 Å². The van der Waals surface area contributed by atoms with E-state index in [4.69, 9.17) is 0 Å². The molecule has 0 N–H and O–H groups in total. The predicted molar refractivity (Wildman–Crippen MR) is 0 cm³/mol. The van der Waals surface area contributed by atoms with E-state index in [0.29, 0.717) is 0 Å². The van der Waals surface area contributed by atoms with E-state index < -0.39 is 0 Å². The summed E-state index contributed by atoms with van der Waals surface area (Å²) >= 11 is 0. The topological polar surface area (TPSA) is 0 Å². The Morgan fingerprint density at radius 2 is 1.00 bits per heavy atom. The average molecular weight is 423 g/mol. The summed E-state index contributed by atoms with van der Waals surface area (Å²) in [6, 6.07) is 0. The Labute approximate surface area is 120 Å². The molecule has 0 saturated carbocycles. The predicted octanol–water partition coefficient (Wildman–Crippen LogP) is -0.00500. The van der Waals surface area contributed by atoms with Crippen LogP contribution in [0.5, 0.6) is 0 Å². The monoisotopic (exact) mass is 425 g/mol. The summed E-state index contributed by atoms with van der Waals surface area (Å²) < 4.78 is 0. The van der Waals surface area contributed by atoms with Crippen LogP contribution in [0.4, 0.5) is 0 Å². The molecule has 0 amide bonds. The van der Waals surface area contributed by atoms with Crippen LogP contribution in [0.1, 0.15) is 0 Å². The largest absolute Gasteiger partial charge is 0 e. The summed E-state index contributed by atoms with van der Waals surface area (Å²) in [4.78, 5) is 0. The van der Waals surface area contributed by atoms with Gasteiger partial charge in [0.2, 0.25) is 0 Å². The van der Waals surface area contributed by atoms with Gasteiger partial charge in [-0.2, -0.15) is 0 Å². The van der Waals surface area contributed by atoms with Gasteiger partial charge in [0.05, 0.1) is 0 Å². The molecule has 0 aromatic carbocycles. The average Bonchev–Trinajstić information content (AvgIpc) is 0. The van der Waals surface area contributed by atoms with Crippen LogP contribution in [0.3, 0.4) is 0 Å². The SMILES string of the molecule is [Co].[Eu].[Gd].[Mn]. The van der Waals surface area contributed by atoms with Crippen LogP contribution >= 0.6 is 0 Å². The second kappa shape index (κ2) is 15.8. The minimum atomic E-state index is 0. The van der Waals surface area contributed by atoms with Crippen LogP contribution in [-0.2, 0) is 33.8 Å². The molecule has 4 heavy (non-hydrogen) atoms. The first-order valence-electron chi connectivity index (χ1n) is 0. The van der Waals surface area contributed by atoms with Crippen LogP contribution in [0, 0.1) is 89.3 Å². The Hall–Kier alpha value is 3.94. The fraction of sp³-hybridized carbons (Fsp3) is 0. The normalized spacial score (nSPS) is 0. The molecule has 4 heteroatoms. The van der Waals surface area contributed by atoms with Gasteiger partial charge in [-0.15, -0.1) is 0 Å². The molecule has 0 aliphatic rings. The van der Waals surface area contributed by atoms with Crippen molar-refractivity contribution in [1.29, 1.82) is 0 Å². The summed E-state index contributed by atoms with van der Waals surface area (Å²) in [5, 5.41) is 0. The molecule has 0 rings (SSSR count). The molecule has 0 fully saturated rings. The first-order chi connectivity index (χ1) is 0. The van der Waals surface area contributed by atoms with Gasteiger partial charge in [-0.3, -0.25) is 0 Å². The summed E-state index contributed by atoms with van der Waals surface area (Å²) in [5.41, 5.74) is 0. The zero-order chi connectivity index (χ0) is 0. The molecular formula is CoEuGdMn. The maximum atomic E-state index is 0. The maximum Gasteiger partial charge on any atom is 0 e. The van der Waals surface area contributed by atoms with Crippen molar-refractivity contribution < 1.29 is 123 Å². The van der Waals surface area contributed by atoms with Crippen molar-refractivity contribution in [3.63, 3.8) is 0 Å². The first kappa shape index (κ1) is 24.6. The van der Waals surface area contributed by atoms with E-state index in [-0.39, 0.29) is 123 Å². The van der Waals surface area contributed by atoms with E-state index in [1.165, 1.54) is 0 Å². The quantitative estimate of drug-likeness (QED) is 0.482. The van der Waals surface area contributed by atoms with Gasteiger partial charge >= 0.3 is 0 Å². The molecule has 0 aromatic rings. The summed E-state index contributed by atoms with van der Waals surface area (Å²) in [6.45, 7) is 0. The van der Waals surface area contributed by atoms with Gasteiger partial charge in [0, 0.05) is 123 Å². The number of hydrogen-bond donors (Lipinski definition) is 0. The Kier molecular flexibility index (Phi) is 97.2. The van der Waals surface area contributed by atoms with Gasteiger partial charge in [0.15, 0.2) is 0 Å². The second-order valence-corrected chi connectivity index (χ2v) is 0. The molecule has 0 spiro atoms. The first-order valence-corrected chi connectivity index (χ1v) is 0. The fourth-order valence-electron chi connectivity index (χ4n) is 0. The van der Waals surface area contributed by atoms with Gasteiger partial charge in [-0.1, -0.05) is 0 Å². The van der Waals surface area contributed by atoms with Crippen LogP contribution in [0.15, 0.2) is 0 Å². The second-order valence-electron chi connectivity index (χ2n) is 0. The van der Waals surface area contributed by atoms with Gasteiger partial charge in [-0.25, -0.2) is 0 Å². The molecule has 0 saturated heterocycles. The van der Waals surface area contributed by atoms with Gasteiger partial charge in [0.25, 0.3) is 0 Å². The molecule has 0 aliphatic heterocycles. The number of rotatable bonds is 0. The fourth-order valence-corrected chi connectivity index (χ4v) is 0. The van der Waals surface area contributed by atoms with E-state index in [0.717, 1.165) is 0 Å². The van der Waals surface area contributed by atoms with Crippen molar-refractivity contribution in [3.8, 4) is 0 Å². The van der Waals surface area contributed by atoms with Crippen molar-refractivity contribution in [1.82, 2.24) is 0 Å². The van der Waals surface area contributed by atoms with E-state index in [2.05, 4.69) is 0 Å². The third-order valence-corrected chi connectivity index (χ3v) is 0. The summed E-state index contributed by atoms with van der Waals surface area (Å²) in [7, 11) is 0. The molecule has 0 heterocycles. The molecule has 3 radical (unpaired) electrons. The molecule has 31 valence electrons. The third kappa shape index (κ3) is 9.33. The maximum absolute atomic E-state index is 0. The summed E-state index contributed by atoms with van der Waals surface area (Å²) in [5.74, 6) is 0. The Balaban J connectivity index is 0. The Morgan fingerprint density at radius 3 is 1.00 bits per heavy atom. The van der Waals surface area contributed by atoms with Crippen molar-refractivity contribution in [3.05, 3.63) is 0 Å². The molecule has 0 nitrogen and oxygen atoms in total. The molecule has 0 aromatic heterocycles. The van der Waals surface area contributed by atoms with Crippen molar-refractivity contribution in [2.75, 3.05) is 0 Å². The van der Waals surface area contributed by atoms with Crippen molar-refractivity contribution in [2.45, 2.75) is 0 Å². The van der Waals surface area contributed by atoms with Gasteiger partial charge in [0.1, 0.15) is 0 Å². The van der Waals surface area contributed by atoms with Crippen molar-refractivity contribution in [2.24, 2.45) is 0 Å². The van der Waals surface area contributed by atoms with Crippen LogP contribution < -0.4 is 0 Å². The van der Waals surface area contributed by atoms with E-state index in [1.807, 2.05) is 0 Å². The molecule has 0 bridgehead atoms. The summed E-state index contributed by atoms with van der Waals surface area (Å²) in [6.07, 6.45) is 0. The minimum absolute atomic E-state index is 0. The Bertz CT molecular complexity index is 8.00. The van der Waals surface area contributed by atoms with Gasteiger partial charge in [-0.05, 0) is 0 Å². The Morgan fingerprint density at radius 1 is 1.00 bits per heavy atom. The smallest absolute Gasteiger partial charge is 0 e. The van der Waals surface area contributed by atoms with Crippen LogP contribution in [0.25, 0.3) is 0 Å². The third-order valence-electron chi connectivity index (χ3n) is 0. The molecule has 0 aliphatic carbocycles. The van der Waals surface area contributed by atoms with Crippen LogP contribution in [-0.4, -0.2) is 0 Å². The zero-order valence-corrected chi connectivity index (χ0v) is 8.36.